The molecule has 0 saturated heterocycles. The van der Waals surface area contributed by atoms with Crippen LogP contribution in [0.1, 0.15) is 31.7 Å². The van der Waals surface area contributed by atoms with Gasteiger partial charge in [0.1, 0.15) is 4.99 Å². The fourth-order valence-corrected chi connectivity index (χ4v) is 2.65. The summed E-state index contributed by atoms with van der Waals surface area (Å²) >= 11 is 11.0. The van der Waals surface area contributed by atoms with Crippen molar-refractivity contribution in [2.45, 2.75) is 32.2 Å². The molecule has 1 saturated carbocycles. The van der Waals surface area contributed by atoms with Gasteiger partial charge >= 0.3 is 0 Å². The molecule has 92 valence electrons. The number of nitrogens with two attached hydrogens (primary N) is 1. The van der Waals surface area contributed by atoms with Crippen molar-refractivity contribution in [1.82, 2.24) is 0 Å². The third kappa shape index (κ3) is 3.11. The number of benzene rings is 1. The molecule has 2 unspecified atom stereocenters. The molecule has 0 heterocycles. The van der Waals surface area contributed by atoms with E-state index in [2.05, 4.69) is 12.2 Å². The van der Waals surface area contributed by atoms with Crippen LogP contribution >= 0.6 is 23.8 Å². The van der Waals surface area contributed by atoms with Crippen molar-refractivity contribution in [2.75, 3.05) is 5.32 Å². The second kappa shape index (κ2) is 5.23. The SMILES string of the molecule is CCCC1CC1Nc1ccc(C(N)=S)c(Cl)c1. The van der Waals surface area contributed by atoms with Gasteiger partial charge in [0, 0.05) is 17.3 Å². The van der Waals surface area contributed by atoms with Gasteiger partial charge in [-0.05, 0) is 37.0 Å². The van der Waals surface area contributed by atoms with E-state index in [9.17, 15) is 0 Å². The van der Waals surface area contributed by atoms with Crippen LogP contribution in [-0.4, -0.2) is 11.0 Å². The lowest BCUT2D eigenvalue weighted by Gasteiger charge is -2.08. The van der Waals surface area contributed by atoms with Gasteiger partial charge in [-0.2, -0.15) is 0 Å². The topological polar surface area (TPSA) is 38.0 Å². The molecule has 4 heteroatoms. The van der Waals surface area contributed by atoms with E-state index in [-0.39, 0.29) is 0 Å². The summed E-state index contributed by atoms with van der Waals surface area (Å²) in [6, 6.07) is 6.38. The predicted octanol–water partition coefficient (Wildman–Crippen LogP) is 3.57. The minimum absolute atomic E-state index is 0.344. The minimum atomic E-state index is 0.344. The molecule has 0 amide bonds. The van der Waals surface area contributed by atoms with Crippen molar-refractivity contribution in [3.05, 3.63) is 28.8 Å². The Bertz CT molecular complexity index is 433. The molecule has 3 N–H and O–H groups in total. The molecule has 17 heavy (non-hydrogen) atoms. The molecule has 0 radical (unpaired) electrons. The molecular weight excluding hydrogens is 252 g/mol. The Labute approximate surface area is 113 Å². The van der Waals surface area contributed by atoms with E-state index in [1.54, 1.807) is 0 Å². The summed E-state index contributed by atoms with van der Waals surface area (Å²) in [5, 5.41) is 4.11. The van der Waals surface area contributed by atoms with Gasteiger partial charge in [-0.25, -0.2) is 0 Å². The van der Waals surface area contributed by atoms with Crippen LogP contribution in [0.3, 0.4) is 0 Å². The molecule has 0 bridgehead atoms. The smallest absolute Gasteiger partial charge is 0.105 e. The Morgan fingerprint density at radius 1 is 1.59 bits per heavy atom. The molecular formula is C13H17ClN2S. The molecule has 0 spiro atoms. The van der Waals surface area contributed by atoms with Gasteiger partial charge in [0.15, 0.2) is 0 Å². The number of hydrogen-bond donors (Lipinski definition) is 2. The normalized spacial score (nSPS) is 22.2. The van der Waals surface area contributed by atoms with Crippen molar-refractivity contribution in [3.63, 3.8) is 0 Å². The van der Waals surface area contributed by atoms with Crippen LogP contribution < -0.4 is 11.1 Å². The first-order valence-electron chi connectivity index (χ1n) is 5.97. The van der Waals surface area contributed by atoms with Crippen molar-refractivity contribution < 1.29 is 0 Å². The third-order valence-electron chi connectivity index (χ3n) is 3.17. The average molecular weight is 269 g/mol. The molecule has 1 aliphatic carbocycles. The van der Waals surface area contributed by atoms with Gasteiger partial charge in [-0.1, -0.05) is 37.2 Å². The number of rotatable bonds is 5. The number of thiocarbonyl (C=S) groups is 1. The van der Waals surface area contributed by atoms with Gasteiger partial charge in [-0.15, -0.1) is 0 Å². The van der Waals surface area contributed by atoms with Crippen LogP contribution in [0.2, 0.25) is 5.02 Å². The Morgan fingerprint density at radius 3 is 2.94 bits per heavy atom. The van der Waals surface area contributed by atoms with Crippen LogP contribution in [-0.2, 0) is 0 Å². The maximum atomic E-state index is 6.12. The van der Waals surface area contributed by atoms with E-state index < -0.39 is 0 Å². The van der Waals surface area contributed by atoms with Crippen molar-refractivity contribution >= 4 is 34.5 Å². The van der Waals surface area contributed by atoms with E-state index in [0.29, 0.717) is 16.1 Å². The Morgan fingerprint density at radius 2 is 2.35 bits per heavy atom. The summed E-state index contributed by atoms with van der Waals surface area (Å²) in [5.41, 5.74) is 7.36. The molecule has 2 nitrogen and oxygen atoms in total. The van der Waals surface area contributed by atoms with Crippen molar-refractivity contribution in [2.24, 2.45) is 11.7 Å². The highest BCUT2D eigenvalue weighted by molar-refractivity contribution is 7.80. The van der Waals surface area contributed by atoms with E-state index in [1.807, 2.05) is 18.2 Å². The zero-order chi connectivity index (χ0) is 12.4. The zero-order valence-corrected chi connectivity index (χ0v) is 11.4. The standard InChI is InChI=1S/C13H17ClN2S/c1-2-3-8-6-12(8)16-9-4-5-10(13(15)17)11(14)7-9/h4-5,7-8,12,16H,2-3,6H2,1H3,(H2,15,17). The van der Waals surface area contributed by atoms with Gasteiger partial charge in [0.25, 0.3) is 0 Å². The second-order valence-corrected chi connectivity index (χ2v) is 5.44. The molecule has 2 atom stereocenters. The first-order valence-corrected chi connectivity index (χ1v) is 6.76. The number of anilines is 1. The second-order valence-electron chi connectivity index (χ2n) is 4.59. The molecule has 2 rings (SSSR count). The highest BCUT2D eigenvalue weighted by atomic mass is 35.5. The lowest BCUT2D eigenvalue weighted by molar-refractivity contribution is 0.693. The van der Waals surface area contributed by atoms with Gasteiger partial charge in [0.2, 0.25) is 0 Å². The summed E-state index contributed by atoms with van der Waals surface area (Å²) in [6.45, 7) is 2.23. The zero-order valence-electron chi connectivity index (χ0n) is 9.87. The molecule has 0 aliphatic heterocycles. The highest BCUT2D eigenvalue weighted by Gasteiger charge is 2.35. The Balaban J connectivity index is 1.99. The fourth-order valence-electron chi connectivity index (χ4n) is 2.13. The van der Waals surface area contributed by atoms with Crippen LogP contribution in [0.5, 0.6) is 0 Å². The van der Waals surface area contributed by atoms with E-state index >= 15 is 0 Å². The van der Waals surface area contributed by atoms with E-state index in [4.69, 9.17) is 29.6 Å². The van der Waals surface area contributed by atoms with Crippen molar-refractivity contribution in [3.8, 4) is 0 Å². The van der Waals surface area contributed by atoms with E-state index in [0.717, 1.165) is 17.2 Å². The number of hydrogen-bond acceptors (Lipinski definition) is 2. The van der Waals surface area contributed by atoms with Crippen LogP contribution in [0.15, 0.2) is 18.2 Å². The largest absolute Gasteiger partial charge is 0.389 e. The van der Waals surface area contributed by atoms with Gasteiger partial charge < -0.3 is 11.1 Å². The first-order chi connectivity index (χ1) is 8.11. The molecule has 1 aromatic rings. The van der Waals surface area contributed by atoms with Crippen LogP contribution in [0.4, 0.5) is 5.69 Å². The van der Waals surface area contributed by atoms with Gasteiger partial charge in [0.05, 0.1) is 5.02 Å². The lowest BCUT2D eigenvalue weighted by atomic mass is 10.2. The number of halogens is 1. The molecule has 1 fully saturated rings. The minimum Gasteiger partial charge on any atom is -0.389 e. The lowest BCUT2D eigenvalue weighted by Crippen LogP contribution is -2.10. The Hall–Kier alpha value is -0.800. The molecule has 1 aromatic carbocycles. The quantitative estimate of drug-likeness (QED) is 0.802. The summed E-state index contributed by atoms with van der Waals surface area (Å²) < 4.78 is 0. The average Bonchev–Trinajstić information content (AvgIpc) is 2.96. The van der Waals surface area contributed by atoms with Crippen molar-refractivity contribution in [1.29, 1.82) is 0 Å². The predicted molar refractivity (Wildman–Crippen MR) is 77.8 cm³/mol. The summed E-state index contributed by atoms with van der Waals surface area (Å²) in [5.74, 6) is 0.828. The first kappa shape index (κ1) is 12.7. The van der Waals surface area contributed by atoms with Crippen LogP contribution in [0, 0.1) is 5.92 Å². The van der Waals surface area contributed by atoms with Gasteiger partial charge in [-0.3, -0.25) is 0 Å². The highest BCUT2D eigenvalue weighted by Crippen LogP contribution is 2.37. The summed E-state index contributed by atoms with van der Waals surface area (Å²) in [7, 11) is 0. The van der Waals surface area contributed by atoms with E-state index in [1.165, 1.54) is 19.3 Å². The monoisotopic (exact) mass is 268 g/mol. The number of nitrogens with one attached hydrogen (secondary N) is 1. The third-order valence-corrected chi connectivity index (χ3v) is 3.70. The maximum Gasteiger partial charge on any atom is 0.105 e. The maximum absolute atomic E-state index is 6.12. The summed E-state index contributed by atoms with van der Waals surface area (Å²) in [6.07, 6.45) is 3.82. The summed E-state index contributed by atoms with van der Waals surface area (Å²) in [4.78, 5) is 0.344. The molecule has 1 aliphatic rings. The molecule has 0 aromatic heterocycles. The van der Waals surface area contributed by atoms with Crippen LogP contribution in [0.25, 0.3) is 0 Å². The fraction of sp³-hybridized carbons (Fsp3) is 0.462. The Kier molecular flexibility index (Phi) is 3.89.